The summed E-state index contributed by atoms with van der Waals surface area (Å²) in [5.41, 5.74) is 0.858. The summed E-state index contributed by atoms with van der Waals surface area (Å²) in [5, 5.41) is 12.7. The highest BCUT2D eigenvalue weighted by atomic mass is 32.2. The summed E-state index contributed by atoms with van der Waals surface area (Å²) in [5.74, 6) is -0.737. The zero-order valence-electron chi connectivity index (χ0n) is 12.5. The summed E-state index contributed by atoms with van der Waals surface area (Å²) in [4.78, 5) is 27.4. The van der Waals surface area contributed by atoms with Gasteiger partial charge in [0.05, 0.1) is 11.4 Å². The predicted molar refractivity (Wildman–Crippen MR) is 89.3 cm³/mol. The molecule has 0 saturated heterocycles. The number of aliphatic carboxylic acids is 1. The standard InChI is InChI=1S/C17H18N2O3S/c20-15(12-13-6-2-1-3-7-13)19-14(17(21)22)9-11-23-16-8-4-5-10-18-16/h1-8,10,14H,9,11-12H2,(H,19,20)(H,21,22)/t14-/m0/s1. The van der Waals surface area contributed by atoms with Gasteiger partial charge in [0.1, 0.15) is 6.04 Å². The van der Waals surface area contributed by atoms with Crippen molar-refractivity contribution in [2.24, 2.45) is 0 Å². The van der Waals surface area contributed by atoms with Crippen LogP contribution >= 0.6 is 11.8 Å². The summed E-state index contributed by atoms with van der Waals surface area (Å²) < 4.78 is 0. The van der Waals surface area contributed by atoms with Gasteiger partial charge in [-0.1, -0.05) is 36.4 Å². The second-order valence-electron chi connectivity index (χ2n) is 4.93. The van der Waals surface area contributed by atoms with Gasteiger partial charge in [0.25, 0.3) is 0 Å². The number of thioether (sulfide) groups is 1. The van der Waals surface area contributed by atoms with Crippen LogP contribution in [0, 0.1) is 0 Å². The van der Waals surface area contributed by atoms with Crippen LogP contribution in [0.15, 0.2) is 59.8 Å². The van der Waals surface area contributed by atoms with E-state index in [-0.39, 0.29) is 12.3 Å². The van der Waals surface area contributed by atoms with E-state index in [0.717, 1.165) is 10.6 Å². The highest BCUT2D eigenvalue weighted by Gasteiger charge is 2.19. The topological polar surface area (TPSA) is 79.3 Å². The Kier molecular flexibility index (Phi) is 6.62. The molecule has 2 aromatic rings. The molecule has 0 aliphatic carbocycles. The molecule has 2 rings (SSSR count). The Morgan fingerprint density at radius 1 is 1.13 bits per heavy atom. The number of pyridine rings is 1. The average molecular weight is 330 g/mol. The molecule has 120 valence electrons. The predicted octanol–water partition coefficient (Wildman–Crippen LogP) is 2.38. The van der Waals surface area contributed by atoms with Crippen molar-refractivity contribution in [1.29, 1.82) is 0 Å². The number of carboxylic acids is 1. The zero-order chi connectivity index (χ0) is 16.5. The fourth-order valence-corrected chi connectivity index (χ4v) is 2.87. The molecule has 0 saturated carbocycles. The molecule has 1 aromatic carbocycles. The molecule has 0 aliphatic heterocycles. The highest BCUT2D eigenvalue weighted by Crippen LogP contribution is 2.16. The lowest BCUT2D eigenvalue weighted by Gasteiger charge is -2.14. The highest BCUT2D eigenvalue weighted by molar-refractivity contribution is 7.99. The van der Waals surface area contributed by atoms with Gasteiger partial charge in [0.2, 0.25) is 5.91 Å². The first-order chi connectivity index (χ1) is 11.1. The Morgan fingerprint density at radius 2 is 1.87 bits per heavy atom. The molecule has 0 bridgehead atoms. The molecule has 0 spiro atoms. The Hall–Kier alpha value is -2.34. The Bertz CT molecular complexity index is 635. The first kappa shape index (κ1) is 17.0. The van der Waals surface area contributed by atoms with Crippen LogP contribution < -0.4 is 5.32 Å². The third-order valence-electron chi connectivity index (χ3n) is 3.14. The van der Waals surface area contributed by atoms with Gasteiger partial charge in [-0.15, -0.1) is 11.8 Å². The minimum absolute atomic E-state index is 0.179. The molecule has 23 heavy (non-hydrogen) atoms. The van der Waals surface area contributed by atoms with Crippen molar-refractivity contribution in [2.75, 3.05) is 5.75 Å². The third-order valence-corrected chi connectivity index (χ3v) is 4.11. The van der Waals surface area contributed by atoms with Gasteiger partial charge in [-0.25, -0.2) is 9.78 Å². The number of hydrogen-bond donors (Lipinski definition) is 2. The van der Waals surface area contributed by atoms with E-state index < -0.39 is 12.0 Å². The molecule has 0 unspecified atom stereocenters. The molecule has 0 radical (unpaired) electrons. The van der Waals surface area contributed by atoms with Crippen molar-refractivity contribution in [3.05, 3.63) is 60.3 Å². The van der Waals surface area contributed by atoms with E-state index in [1.54, 1.807) is 6.20 Å². The molecule has 0 fully saturated rings. The van der Waals surface area contributed by atoms with E-state index in [1.165, 1.54) is 11.8 Å². The fourth-order valence-electron chi connectivity index (χ4n) is 2.00. The van der Waals surface area contributed by atoms with Gasteiger partial charge >= 0.3 is 5.97 Å². The van der Waals surface area contributed by atoms with E-state index in [0.29, 0.717) is 12.2 Å². The van der Waals surface area contributed by atoms with Gasteiger partial charge in [0.15, 0.2) is 0 Å². The first-order valence-electron chi connectivity index (χ1n) is 7.25. The van der Waals surface area contributed by atoms with Gasteiger partial charge in [0, 0.05) is 11.9 Å². The summed E-state index contributed by atoms with van der Waals surface area (Å²) in [6.45, 7) is 0. The van der Waals surface area contributed by atoms with E-state index in [2.05, 4.69) is 10.3 Å². The molecular weight excluding hydrogens is 312 g/mol. The SMILES string of the molecule is O=C(Cc1ccccc1)N[C@@H](CCSc1ccccn1)C(=O)O. The molecule has 2 N–H and O–H groups in total. The minimum Gasteiger partial charge on any atom is -0.480 e. The normalized spacial score (nSPS) is 11.7. The van der Waals surface area contributed by atoms with Crippen LogP contribution in [-0.2, 0) is 16.0 Å². The first-order valence-corrected chi connectivity index (χ1v) is 8.23. The number of carbonyl (C=O) groups is 2. The zero-order valence-corrected chi connectivity index (χ0v) is 13.3. The quantitative estimate of drug-likeness (QED) is 0.727. The van der Waals surface area contributed by atoms with E-state index in [4.69, 9.17) is 0 Å². The van der Waals surface area contributed by atoms with Crippen molar-refractivity contribution in [1.82, 2.24) is 10.3 Å². The lowest BCUT2D eigenvalue weighted by atomic mass is 10.1. The maximum absolute atomic E-state index is 12.0. The number of nitrogens with one attached hydrogen (secondary N) is 1. The second-order valence-corrected chi connectivity index (χ2v) is 6.04. The summed E-state index contributed by atoms with van der Waals surface area (Å²) in [7, 11) is 0. The fraction of sp³-hybridized carbons (Fsp3) is 0.235. The average Bonchev–Trinajstić information content (AvgIpc) is 2.55. The largest absolute Gasteiger partial charge is 0.480 e. The van der Waals surface area contributed by atoms with Crippen molar-refractivity contribution in [2.45, 2.75) is 23.9 Å². The van der Waals surface area contributed by atoms with Crippen molar-refractivity contribution < 1.29 is 14.7 Å². The van der Waals surface area contributed by atoms with Crippen molar-refractivity contribution >= 4 is 23.6 Å². The Morgan fingerprint density at radius 3 is 2.52 bits per heavy atom. The molecule has 1 heterocycles. The van der Waals surface area contributed by atoms with Gasteiger partial charge in [-0.05, 0) is 24.1 Å². The van der Waals surface area contributed by atoms with Crippen LogP contribution in [0.25, 0.3) is 0 Å². The molecule has 0 aliphatic rings. The number of rotatable bonds is 8. The smallest absolute Gasteiger partial charge is 0.326 e. The van der Waals surface area contributed by atoms with E-state index in [1.807, 2.05) is 48.5 Å². The number of amides is 1. The monoisotopic (exact) mass is 330 g/mol. The number of aromatic nitrogens is 1. The van der Waals surface area contributed by atoms with Crippen molar-refractivity contribution in [3.8, 4) is 0 Å². The van der Waals surface area contributed by atoms with Gasteiger partial charge < -0.3 is 10.4 Å². The number of hydrogen-bond acceptors (Lipinski definition) is 4. The van der Waals surface area contributed by atoms with Crippen molar-refractivity contribution in [3.63, 3.8) is 0 Å². The van der Waals surface area contributed by atoms with E-state index >= 15 is 0 Å². The molecular formula is C17H18N2O3S. The molecule has 5 nitrogen and oxygen atoms in total. The maximum Gasteiger partial charge on any atom is 0.326 e. The third kappa shape index (κ3) is 6.12. The van der Waals surface area contributed by atoms with Gasteiger partial charge in [-0.3, -0.25) is 4.79 Å². The lowest BCUT2D eigenvalue weighted by molar-refractivity contribution is -0.141. The van der Waals surface area contributed by atoms with Crippen LogP contribution in [0.4, 0.5) is 0 Å². The molecule has 1 atom stereocenters. The number of carboxylic acid groups (broad SMARTS) is 1. The number of carbonyl (C=O) groups excluding carboxylic acids is 1. The molecule has 1 amide bonds. The Balaban J connectivity index is 1.81. The van der Waals surface area contributed by atoms with Crippen LogP contribution in [0.5, 0.6) is 0 Å². The van der Waals surface area contributed by atoms with E-state index in [9.17, 15) is 14.7 Å². The van der Waals surface area contributed by atoms with Crippen LogP contribution in [0.3, 0.4) is 0 Å². The maximum atomic E-state index is 12.0. The number of nitrogens with zero attached hydrogens (tertiary/aromatic N) is 1. The summed E-state index contributed by atoms with van der Waals surface area (Å²) in [6.07, 6.45) is 2.22. The molecule has 6 heteroatoms. The lowest BCUT2D eigenvalue weighted by Crippen LogP contribution is -2.41. The Labute approximate surface area is 139 Å². The summed E-state index contributed by atoms with van der Waals surface area (Å²) in [6, 6.07) is 13.9. The molecule has 1 aromatic heterocycles. The number of benzene rings is 1. The van der Waals surface area contributed by atoms with Crippen LogP contribution in [0.1, 0.15) is 12.0 Å². The van der Waals surface area contributed by atoms with Crippen LogP contribution in [0.2, 0.25) is 0 Å². The second kappa shape index (κ2) is 8.95. The summed E-state index contributed by atoms with van der Waals surface area (Å²) >= 11 is 1.47. The van der Waals surface area contributed by atoms with Crippen LogP contribution in [-0.4, -0.2) is 33.8 Å². The van der Waals surface area contributed by atoms with Gasteiger partial charge in [-0.2, -0.15) is 0 Å². The minimum atomic E-state index is -1.02.